The largest absolute Gasteiger partial charge is 0.379 e. The molecule has 0 spiro atoms. The van der Waals surface area contributed by atoms with Crippen molar-refractivity contribution in [1.82, 2.24) is 23.8 Å². The number of piperazine rings is 1. The number of likely N-dealkylation sites (N-methyl/N-ethyl adjacent to an activating group) is 1. The third-order valence-corrected chi connectivity index (χ3v) is 6.13. The number of pyridine rings is 2. The molecule has 3 aromatic heterocycles. The summed E-state index contributed by atoms with van der Waals surface area (Å²) in [6.45, 7) is 10.8. The van der Waals surface area contributed by atoms with Gasteiger partial charge in [0.15, 0.2) is 0 Å². The van der Waals surface area contributed by atoms with Gasteiger partial charge in [0.25, 0.3) is 11.5 Å². The van der Waals surface area contributed by atoms with E-state index in [0.29, 0.717) is 49.3 Å². The van der Waals surface area contributed by atoms with Gasteiger partial charge >= 0.3 is 0 Å². The van der Waals surface area contributed by atoms with Gasteiger partial charge in [0.1, 0.15) is 16.8 Å². The van der Waals surface area contributed by atoms with Gasteiger partial charge in [-0.1, -0.05) is 13.0 Å². The molecule has 1 aliphatic rings. The number of rotatable bonds is 7. The SMILES string of the molecule is CCN1CCN(C(=O)c2cc3c(=O)n4ccccc4nc3n(CCCOC(C)C)c2=N)CC1. The lowest BCUT2D eigenvalue weighted by atomic mass is 10.1. The van der Waals surface area contributed by atoms with Crippen LogP contribution in [0, 0.1) is 5.41 Å². The van der Waals surface area contributed by atoms with Crippen LogP contribution in [0.3, 0.4) is 0 Å². The summed E-state index contributed by atoms with van der Waals surface area (Å²) >= 11 is 0. The fraction of sp³-hybridized carbons (Fsp3) is 0.500. The Balaban J connectivity index is 1.80. The third kappa shape index (κ3) is 4.69. The number of hydrogen-bond donors (Lipinski definition) is 1. The van der Waals surface area contributed by atoms with Crippen LogP contribution in [0.15, 0.2) is 35.3 Å². The summed E-state index contributed by atoms with van der Waals surface area (Å²) in [6, 6.07) is 6.92. The number of carbonyl (C=O) groups is 1. The van der Waals surface area contributed by atoms with Gasteiger partial charge in [-0.3, -0.25) is 19.4 Å². The minimum Gasteiger partial charge on any atom is -0.379 e. The van der Waals surface area contributed by atoms with Crippen LogP contribution in [0.25, 0.3) is 16.7 Å². The van der Waals surface area contributed by atoms with Crippen LogP contribution in [-0.4, -0.2) is 75.1 Å². The fourth-order valence-electron chi connectivity index (χ4n) is 4.25. The van der Waals surface area contributed by atoms with Gasteiger partial charge in [-0.2, -0.15) is 0 Å². The number of carbonyl (C=O) groups excluding carboxylic acids is 1. The van der Waals surface area contributed by atoms with E-state index >= 15 is 0 Å². The van der Waals surface area contributed by atoms with E-state index in [2.05, 4.69) is 16.8 Å². The minimum atomic E-state index is -0.243. The van der Waals surface area contributed by atoms with Gasteiger partial charge in [0.2, 0.25) is 0 Å². The summed E-state index contributed by atoms with van der Waals surface area (Å²) in [4.78, 5) is 35.5. The van der Waals surface area contributed by atoms with Gasteiger partial charge in [-0.25, -0.2) is 4.98 Å². The molecule has 0 bridgehead atoms. The molecule has 33 heavy (non-hydrogen) atoms. The topological polar surface area (TPSA) is 95.9 Å². The molecule has 0 aliphatic carbocycles. The van der Waals surface area contributed by atoms with Crippen LogP contribution in [0.5, 0.6) is 0 Å². The van der Waals surface area contributed by atoms with Crippen LogP contribution in [0.1, 0.15) is 37.6 Å². The Kier molecular flexibility index (Phi) is 6.90. The first-order valence-electron chi connectivity index (χ1n) is 11.6. The van der Waals surface area contributed by atoms with Crippen molar-refractivity contribution in [2.24, 2.45) is 0 Å². The molecule has 9 heteroatoms. The fourth-order valence-corrected chi connectivity index (χ4v) is 4.25. The lowest BCUT2D eigenvalue weighted by Gasteiger charge is -2.34. The second-order valence-electron chi connectivity index (χ2n) is 8.64. The number of hydrogen-bond acceptors (Lipinski definition) is 6. The molecule has 9 nitrogen and oxygen atoms in total. The lowest BCUT2D eigenvalue weighted by Crippen LogP contribution is -2.49. The highest BCUT2D eigenvalue weighted by Gasteiger charge is 2.24. The summed E-state index contributed by atoms with van der Waals surface area (Å²) < 4.78 is 8.82. The minimum absolute atomic E-state index is 0.0853. The van der Waals surface area contributed by atoms with Crippen molar-refractivity contribution in [2.45, 2.75) is 39.8 Å². The quantitative estimate of drug-likeness (QED) is 0.435. The van der Waals surface area contributed by atoms with E-state index in [-0.39, 0.29) is 28.6 Å². The molecule has 3 aromatic rings. The predicted octanol–water partition coefficient (Wildman–Crippen LogP) is 1.72. The number of fused-ring (bicyclic) bond motifs is 2. The molecule has 4 rings (SSSR count). The number of aryl methyl sites for hydroxylation is 1. The number of amides is 1. The van der Waals surface area contributed by atoms with E-state index in [1.165, 1.54) is 4.40 Å². The average Bonchev–Trinajstić information content (AvgIpc) is 2.82. The van der Waals surface area contributed by atoms with Crippen molar-refractivity contribution >= 4 is 22.6 Å². The first kappa shape index (κ1) is 23.1. The maximum Gasteiger partial charge on any atom is 0.267 e. The Morgan fingerprint density at radius 1 is 1.21 bits per heavy atom. The standard InChI is InChI=1S/C24H32N6O3/c1-4-27-11-13-28(14-12-27)23(31)18-16-19-22(26-20-8-5-6-9-29(20)24(19)32)30(21(18)25)10-7-15-33-17(2)3/h5-6,8-9,16-17,25H,4,7,10-15H2,1-3H3. The number of ether oxygens (including phenoxy) is 1. The van der Waals surface area contributed by atoms with Gasteiger partial charge in [0.05, 0.1) is 17.1 Å². The second-order valence-corrected chi connectivity index (χ2v) is 8.64. The van der Waals surface area contributed by atoms with Gasteiger partial charge in [-0.05, 0) is 45.0 Å². The molecule has 1 saturated heterocycles. The zero-order valence-corrected chi connectivity index (χ0v) is 19.6. The van der Waals surface area contributed by atoms with Crippen molar-refractivity contribution in [1.29, 1.82) is 5.41 Å². The first-order valence-corrected chi connectivity index (χ1v) is 11.6. The van der Waals surface area contributed by atoms with Crippen LogP contribution in [0.4, 0.5) is 0 Å². The molecule has 0 saturated carbocycles. The van der Waals surface area contributed by atoms with Crippen LogP contribution < -0.4 is 11.0 Å². The Bertz CT molecular complexity index is 1270. The molecular formula is C24H32N6O3. The third-order valence-electron chi connectivity index (χ3n) is 6.13. The normalized spacial score (nSPS) is 15.1. The van der Waals surface area contributed by atoms with Crippen molar-refractivity contribution in [3.63, 3.8) is 0 Å². The maximum absolute atomic E-state index is 13.4. The number of aromatic nitrogens is 3. The molecule has 0 unspecified atom stereocenters. The predicted molar refractivity (Wildman–Crippen MR) is 127 cm³/mol. The smallest absolute Gasteiger partial charge is 0.267 e. The van der Waals surface area contributed by atoms with Crippen LogP contribution >= 0.6 is 0 Å². The van der Waals surface area contributed by atoms with E-state index in [0.717, 1.165) is 19.6 Å². The highest BCUT2D eigenvalue weighted by atomic mass is 16.5. The molecule has 4 heterocycles. The molecule has 1 aliphatic heterocycles. The Morgan fingerprint density at radius 3 is 2.67 bits per heavy atom. The monoisotopic (exact) mass is 452 g/mol. The molecule has 1 N–H and O–H groups in total. The lowest BCUT2D eigenvalue weighted by molar-refractivity contribution is 0.0640. The van der Waals surface area contributed by atoms with E-state index in [1.54, 1.807) is 33.9 Å². The summed E-state index contributed by atoms with van der Waals surface area (Å²) in [5.74, 6) is -0.206. The second kappa shape index (κ2) is 9.84. The van der Waals surface area contributed by atoms with E-state index < -0.39 is 0 Å². The molecular weight excluding hydrogens is 420 g/mol. The molecule has 1 amide bonds. The highest BCUT2D eigenvalue weighted by molar-refractivity contribution is 5.97. The van der Waals surface area contributed by atoms with Gasteiger partial charge < -0.3 is 19.1 Å². The van der Waals surface area contributed by atoms with Gasteiger partial charge in [0, 0.05) is 45.5 Å². The Labute approximate surface area is 192 Å². The van der Waals surface area contributed by atoms with E-state index in [4.69, 9.17) is 10.1 Å². The summed E-state index contributed by atoms with van der Waals surface area (Å²) in [6.07, 6.45) is 2.43. The molecule has 0 radical (unpaired) electrons. The molecule has 0 atom stereocenters. The Morgan fingerprint density at radius 2 is 1.97 bits per heavy atom. The number of nitrogens with zero attached hydrogens (tertiary/aromatic N) is 5. The molecule has 176 valence electrons. The summed E-state index contributed by atoms with van der Waals surface area (Å²) in [7, 11) is 0. The van der Waals surface area contributed by atoms with Crippen molar-refractivity contribution in [3.05, 3.63) is 51.9 Å². The van der Waals surface area contributed by atoms with Gasteiger partial charge in [-0.15, -0.1) is 0 Å². The zero-order valence-electron chi connectivity index (χ0n) is 19.6. The first-order chi connectivity index (χ1) is 15.9. The van der Waals surface area contributed by atoms with Crippen molar-refractivity contribution in [3.8, 4) is 0 Å². The highest BCUT2D eigenvalue weighted by Crippen LogP contribution is 2.13. The molecule has 1 fully saturated rings. The van der Waals surface area contributed by atoms with Crippen molar-refractivity contribution in [2.75, 3.05) is 39.3 Å². The van der Waals surface area contributed by atoms with Crippen molar-refractivity contribution < 1.29 is 9.53 Å². The average molecular weight is 453 g/mol. The molecule has 0 aromatic carbocycles. The summed E-state index contributed by atoms with van der Waals surface area (Å²) in [5, 5.41) is 9.21. The zero-order chi connectivity index (χ0) is 23.5. The van der Waals surface area contributed by atoms with Crippen LogP contribution in [-0.2, 0) is 11.3 Å². The van der Waals surface area contributed by atoms with E-state index in [1.807, 2.05) is 19.9 Å². The summed E-state index contributed by atoms with van der Waals surface area (Å²) in [5.41, 5.74) is 1.02. The Hall–Kier alpha value is -3.04. The maximum atomic E-state index is 13.4. The van der Waals surface area contributed by atoms with E-state index in [9.17, 15) is 9.59 Å². The van der Waals surface area contributed by atoms with Crippen LogP contribution in [0.2, 0.25) is 0 Å². The number of nitrogens with one attached hydrogen (secondary N) is 1.